The highest BCUT2D eigenvalue weighted by atomic mass is 16.5. The number of rotatable bonds is 3. The van der Waals surface area contributed by atoms with Crippen LogP contribution < -0.4 is 14.7 Å². The summed E-state index contributed by atoms with van der Waals surface area (Å²) in [5.74, 6) is 1.85. The van der Waals surface area contributed by atoms with E-state index in [0.717, 1.165) is 64.2 Å². The zero-order chi connectivity index (χ0) is 16.2. The van der Waals surface area contributed by atoms with Crippen LogP contribution in [0.1, 0.15) is 0 Å². The number of nitrogens with zero attached hydrogens (tertiary/aromatic N) is 5. The quantitative estimate of drug-likeness (QED) is 0.855. The van der Waals surface area contributed by atoms with Crippen molar-refractivity contribution in [2.75, 3.05) is 67.2 Å². The number of piperazine rings is 1. The Labute approximate surface area is 142 Å². The molecule has 2 aromatic rings. The number of anilines is 3. The van der Waals surface area contributed by atoms with Crippen LogP contribution in [0.3, 0.4) is 0 Å². The third-order valence-electron chi connectivity index (χ3n) is 4.65. The van der Waals surface area contributed by atoms with E-state index >= 15 is 0 Å². The van der Waals surface area contributed by atoms with Crippen LogP contribution in [0.2, 0.25) is 0 Å². The number of hydrogen-bond donors (Lipinski definition) is 0. The highest BCUT2D eigenvalue weighted by Gasteiger charge is 2.20. The van der Waals surface area contributed by atoms with Crippen molar-refractivity contribution in [1.82, 2.24) is 9.97 Å². The molecule has 2 fully saturated rings. The predicted octanol–water partition coefficient (Wildman–Crippen LogP) is 1.64. The first-order chi connectivity index (χ1) is 11.9. The van der Waals surface area contributed by atoms with Gasteiger partial charge in [0, 0.05) is 51.2 Å². The lowest BCUT2D eigenvalue weighted by atomic mass is 10.2. The van der Waals surface area contributed by atoms with Gasteiger partial charge in [-0.1, -0.05) is 18.2 Å². The van der Waals surface area contributed by atoms with E-state index in [2.05, 4.69) is 50.0 Å². The normalized spacial score (nSPS) is 18.8. The maximum Gasteiger partial charge on any atom is 0.227 e. The van der Waals surface area contributed by atoms with Crippen LogP contribution in [0.4, 0.5) is 17.5 Å². The van der Waals surface area contributed by atoms with Gasteiger partial charge in [-0.2, -0.15) is 4.98 Å². The van der Waals surface area contributed by atoms with Crippen molar-refractivity contribution < 1.29 is 4.74 Å². The van der Waals surface area contributed by atoms with E-state index in [0.29, 0.717) is 0 Å². The van der Waals surface area contributed by atoms with Gasteiger partial charge in [0.15, 0.2) is 0 Å². The molecule has 126 valence electrons. The molecule has 1 aromatic carbocycles. The summed E-state index contributed by atoms with van der Waals surface area (Å²) in [6.07, 6.45) is 1.87. The molecule has 0 saturated carbocycles. The zero-order valence-corrected chi connectivity index (χ0v) is 13.8. The monoisotopic (exact) mass is 325 g/mol. The van der Waals surface area contributed by atoms with E-state index in [1.807, 2.05) is 12.3 Å². The summed E-state index contributed by atoms with van der Waals surface area (Å²) in [5, 5.41) is 0. The number of hydrogen-bond acceptors (Lipinski definition) is 6. The zero-order valence-electron chi connectivity index (χ0n) is 13.8. The Balaban J connectivity index is 1.42. The fourth-order valence-electron chi connectivity index (χ4n) is 3.26. The van der Waals surface area contributed by atoms with E-state index in [1.165, 1.54) is 5.69 Å². The molecule has 0 unspecified atom stereocenters. The number of benzene rings is 1. The number of morpholine rings is 1. The van der Waals surface area contributed by atoms with Crippen molar-refractivity contribution in [3.05, 3.63) is 42.6 Å². The minimum atomic E-state index is 0.773. The number of aromatic nitrogens is 2. The molecule has 3 heterocycles. The van der Waals surface area contributed by atoms with Gasteiger partial charge >= 0.3 is 0 Å². The maximum absolute atomic E-state index is 5.42. The Morgan fingerprint density at radius 3 is 2.21 bits per heavy atom. The molecule has 6 heteroatoms. The Kier molecular flexibility index (Phi) is 4.46. The molecule has 4 rings (SSSR count). The topological polar surface area (TPSA) is 44.7 Å². The molecule has 2 aliphatic heterocycles. The first-order valence-electron chi connectivity index (χ1n) is 8.61. The lowest BCUT2D eigenvalue weighted by Crippen LogP contribution is -2.47. The summed E-state index contributed by atoms with van der Waals surface area (Å²) in [4.78, 5) is 16.3. The molecule has 0 atom stereocenters. The average molecular weight is 325 g/mol. The highest BCUT2D eigenvalue weighted by molar-refractivity contribution is 5.49. The molecule has 1 aromatic heterocycles. The van der Waals surface area contributed by atoms with Crippen LogP contribution in [0.25, 0.3) is 0 Å². The van der Waals surface area contributed by atoms with E-state index in [9.17, 15) is 0 Å². The number of para-hydroxylation sites is 1. The van der Waals surface area contributed by atoms with Gasteiger partial charge in [0.1, 0.15) is 5.82 Å². The highest BCUT2D eigenvalue weighted by Crippen LogP contribution is 2.20. The summed E-state index contributed by atoms with van der Waals surface area (Å²) in [7, 11) is 0. The van der Waals surface area contributed by atoms with Gasteiger partial charge in [0.05, 0.1) is 13.2 Å². The minimum absolute atomic E-state index is 0.773. The summed E-state index contributed by atoms with van der Waals surface area (Å²) in [5.41, 5.74) is 1.29. The van der Waals surface area contributed by atoms with Gasteiger partial charge in [-0.3, -0.25) is 0 Å². The van der Waals surface area contributed by atoms with Gasteiger partial charge in [0.25, 0.3) is 0 Å². The van der Waals surface area contributed by atoms with Crippen LogP contribution in [-0.4, -0.2) is 62.5 Å². The van der Waals surface area contributed by atoms with E-state index in [4.69, 9.17) is 9.72 Å². The molecule has 0 radical (unpaired) electrons. The Morgan fingerprint density at radius 1 is 0.750 bits per heavy atom. The van der Waals surface area contributed by atoms with Crippen LogP contribution in [0.15, 0.2) is 42.6 Å². The molecule has 0 bridgehead atoms. The van der Waals surface area contributed by atoms with Gasteiger partial charge < -0.3 is 19.4 Å². The van der Waals surface area contributed by atoms with Crippen molar-refractivity contribution in [2.45, 2.75) is 0 Å². The van der Waals surface area contributed by atoms with Gasteiger partial charge in [-0.25, -0.2) is 4.98 Å². The standard InChI is InChI=1S/C18H23N5O/c1-2-4-16(5-3-1)21-8-10-23(11-9-21)18-19-7-6-17(20-18)22-12-14-24-15-13-22/h1-7H,8-15H2. The SMILES string of the molecule is c1ccc(N2CCN(c3nccc(N4CCOCC4)n3)CC2)cc1. The summed E-state index contributed by atoms with van der Waals surface area (Å²) in [6, 6.07) is 12.6. The molecule has 0 aliphatic carbocycles. The predicted molar refractivity (Wildman–Crippen MR) is 95.9 cm³/mol. The Bertz CT molecular complexity index is 651. The van der Waals surface area contributed by atoms with Crippen LogP contribution in [0, 0.1) is 0 Å². The summed E-state index contributed by atoms with van der Waals surface area (Å²) >= 11 is 0. The first kappa shape index (κ1) is 15.2. The third-order valence-corrected chi connectivity index (χ3v) is 4.65. The van der Waals surface area contributed by atoms with Crippen LogP contribution >= 0.6 is 0 Å². The van der Waals surface area contributed by atoms with Crippen molar-refractivity contribution in [1.29, 1.82) is 0 Å². The Morgan fingerprint density at radius 2 is 1.46 bits per heavy atom. The molecule has 2 aliphatic rings. The molecular formula is C18H23N5O. The molecule has 0 N–H and O–H groups in total. The molecule has 0 spiro atoms. The molecule has 24 heavy (non-hydrogen) atoms. The van der Waals surface area contributed by atoms with Gasteiger partial charge in [-0.15, -0.1) is 0 Å². The summed E-state index contributed by atoms with van der Waals surface area (Å²) < 4.78 is 5.42. The third kappa shape index (κ3) is 3.28. The molecule has 2 saturated heterocycles. The van der Waals surface area contributed by atoms with Crippen molar-refractivity contribution in [2.24, 2.45) is 0 Å². The van der Waals surface area contributed by atoms with Crippen molar-refractivity contribution >= 4 is 17.5 Å². The lowest BCUT2D eigenvalue weighted by molar-refractivity contribution is 0.122. The average Bonchev–Trinajstić information content (AvgIpc) is 2.70. The van der Waals surface area contributed by atoms with Crippen molar-refractivity contribution in [3.8, 4) is 0 Å². The smallest absolute Gasteiger partial charge is 0.227 e. The summed E-state index contributed by atoms with van der Waals surface area (Å²) in [6.45, 7) is 7.23. The van der Waals surface area contributed by atoms with Crippen molar-refractivity contribution in [3.63, 3.8) is 0 Å². The second-order valence-corrected chi connectivity index (χ2v) is 6.12. The maximum atomic E-state index is 5.42. The Hall–Kier alpha value is -2.34. The minimum Gasteiger partial charge on any atom is -0.378 e. The first-order valence-corrected chi connectivity index (χ1v) is 8.61. The molecule has 0 amide bonds. The number of ether oxygens (including phenoxy) is 1. The second-order valence-electron chi connectivity index (χ2n) is 6.12. The van der Waals surface area contributed by atoms with E-state index < -0.39 is 0 Å². The molecular weight excluding hydrogens is 302 g/mol. The molecule has 6 nitrogen and oxygen atoms in total. The van der Waals surface area contributed by atoms with Gasteiger partial charge in [-0.05, 0) is 18.2 Å². The fraction of sp³-hybridized carbons (Fsp3) is 0.444. The second kappa shape index (κ2) is 7.05. The van der Waals surface area contributed by atoms with Gasteiger partial charge in [0.2, 0.25) is 5.95 Å². The van der Waals surface area contributed by atoms with Crippen LogP contribution in [-0.2, 0) is 4.74 Å². The largest absolute Gasteiger partial charge is 0.378 e. The lowest BCUT2D eigenvalue weighted by Gasteiger charge is -2.36. The van der Waals surface area contributed by atoms with E-state index in [1.54, 1.807) is 0 Å². The fourth-order valence-corrected chi connectivity index (χ4v) is 3.26. The van der Waals surface area contributed by atoms with Crippen LogP contribution in [0.5, 0.6) is 0 Å². The van der Waals surface area contributed by atoms with E-state index in [-0.39, 0.29) is 0 Å².